The van der Waals surface area contributed by atoms with E-state index in [1.54, 1.807) is 0 Å². The van der Waals surface area contributed by atoms with Crippen LogP contribution in [0.4, 0.5) is 0 Å². The minimum atomic E-state index is -0.248. The van der Waals surface area contributed by atoms with Crippen LogP contribution in [-0.4, -0.2) is 45.8 Å². The average Bonchev–Trinajstić information content (AvgIpc) is 2.95. The minimum absolute atomic E-state index is 0.248. The zero-order valence-electron chi connectivity index (χ0n) is 16.9. The van der Waals surface area contributed by atoms with Gasteiger partial charge in [-0.1, -0.05) is 32.6 Å². The van der Waals surface area contributed by atoms with Gasteiger partial charge in [-0.3, -0.25) is 14.4 Å². The second kappa shape index (κ2) is 8.55. The van der Waals surface area contributed by atoms with E-state index in [9.17, 15) is 4.79 Å². The van der Waals surface area contributed by atoms with Gasteiger partial charge < -0.3 is 5.32 Å². The number of aryl methyl sites for hydroxylation is 1. The number of nitrogens with one attached hydrogen (secondary N) is 1. The second-order valence-corrected chi connectivity index (χ2v) is 8.12. The fourth-order valence-corrected chi connectivity index (χ4v) is 5.05. The maximum absolute atomic E-state index is 13.2. The molecule has 0 radical (unpaired) electrons. The number of hydrogen-bond acceptors (Lipinski definition) is 3. The third-order valence-electron chi connectivity index (χ3n) is 6.56. The molecule has 0 bridgehead atoms. The molecule has 1 aromatic rings. The van der Waals surface area contributed by atoms with Crippen LogP contribution >= 0.6 is 0 Å². The highest BCUT2D eigenvalue weighted by molar-refractivity contribution is 5.86. The molecule has 5 heteroatoms. The molecule has 1 N–H and O–H groups in total. The molecule has 0 spiro atoms. The van der Waals surface area contributed by atoms with E-state index in [1.807, 2.05) is 0 Å². The predicted octanol–water partition coefficient (Wildman–Crippen LogP) is 3.37. The first kappa shape index (κ1) is 19.4. The van der Waals surface area contributed by atoms with Crippen molar-refractivity contribution in [3.05, 3.63) is 17.0 Å². The van der Waals surface area contributed by atoms with E-state index in [1.165, 1.54) is 49.8 Å². The van der Waals surface area contributed by atoms with E-state index in [0.29, 0.717) is 6.54 Å². The quantitative estimate of drug-likeness (QED) is 0.846. The molecule has 1 amide bonds. The number of likely N-dealkylation sites (tertiary alicyclic amines) is 1. The largest absolute Gasteiger partial charge is 0.353 e. The first-order valence-corrected chi connectivity index (χ1v) is 10.6. The first-order valence-electron chi connectivity index (χ1n) is 10.6. The number of amides is 1. The molecule has 26 heavy (non-hydrogen) atoms. The Morgan fingerprint density at radius 1 is 1.08 bits per heavy atom. The van der Waals surface area contributed by atoms with Crippen LogP contribution in [0.5, 0.6) is 0 Å². The van der Waals surface area contributed by atoms with E-state index < -0.39 is 0 Å². The third-order valence-corrected chi connectivity index (χ3v) is 6.56. The molecule has 0 aromatic carbocycles. The first-order chi connectivity index (χ1) is 12.6. The third kappa shape index (κ3) is 3.83. The van der Waals surface area contributed by atoms with E-state index in [-0.39, 0.29) is 11.4 Å². The van der Waals surface area contributed by atoms with Crippen molar-refractivity contribution in [1.29, 1.82) is 0 Å². The predicted molar refractivity (Wildman–Crippen MR) is 105 cm³/mol. The lowest BCUT2D eigenvalue weighted by Crippen LogP contribution is -2.61. The SMILES string of the molecule is CCc1c(C)nn(CCNC(=O)C2(N3CCCCC3)CCCCC2)c1C. The summed E-state index contributed by atoms with van der Waals surface area (Å²) in [5.74, 6) is 0.261. The molecular weight excluding hydrogens is 324 g/mol. The summed E-state index contributed by atoms with van der Waals surface area (Å²) in [6.07, 6.45) is 10.5. The van der Waals surface area contributed by atoms with Gasteiger partial charge in [0.2, 0.25) is 5.91 Å². The van der Waals surface area contributed by atoms with Crippen molar-refractivity contribution in [2.24, 2.45) is 0 Å². The Labute approximate surface area is 158 Å². The van der Waals surface area contributed by atoms with Crippen molar-refractivity contribution >= 4 is 5.91 Å². The molecule has 1 aliphatic heterocycles. The van der Waals surface area contributed by atoms with Crippen molar-refractivity contribution in [1.82, 2.24) is 20.0 Å². The van der Waals surface area contributed by atoms with Gasteiger partial charge in [-0.15, -0.1) is 0 Å². The van der Waals surface area contributed by atoms with Crippen molar-refractivity contribution in [2.45, 2.75) is 90.6 Å². The fourth-order valence-electron chi connectivity index (χ4n) is 5.05. The fraction of sp³-hybridized carbons (Fsp3) is 0.810. The van der Waals surface area contributed by atoms with E-state index in [0.717, 1.165) is 44.6 Å². The second-order valence-electron chi connectivity index (χ2n) is 8.12. The summed E-state index contributed by atoms with van der Waals surface area (Å²) < 4.78 is 2.06. The highest BCUT2D eigenvalue weighted by atomic mass is 16.2. The molecule has 0 unspecified atom stereocenters. The van der Waals surface area contributed by atoms with Crippen LogP contribution in [0.1, 0.15) is 75.2 Å². The van der Waals surface area contributed by atoms with Gasteiger partial charge in [0.15, 0.2) is 0 Å². The molecular formula is C21H36N4O. The Morgan fingerprint density at radius 2 is 1.73 bits per heavy atom. The summed E-state index contributed by atoms with van der Waals surface area (Å²) in [4.78, 5) is 15.7. The summed E-state index contributed by atoms with van der Waals surface area (Å²) in [7, 11) is 0. The van der Waals surface area contributed by atoms with Crippen LogP contribution in [0, 0.1) is 13.8 Å². The number of aromatic nitrogens is 2. The van der Waals surface area contributed by atoms with Crippen molar-refractivity contribution in [2.75, 3.05) is 19.6 Å². The van der Waals surface area contributed by atoms with Crippen LogP contribution in [0.2, 0.25) is 0 Å². The summed E-state index contributed by atoms with van der Waals surface area (Å²) >= 11 is 0. The van der Waals surface area contributed by atoms with E-state index in [4.69, 9.17) is 0 Å². The molecule has 2 heterocycles. The Balaban J connectivity index is 1.63. The Morgan fingerprint density at radius 3 is 2.35 bits per heavy atom. The maximum atomic E-state index is 13.2. The highest BCUT2D eigenvalue weighted by Crippen LogP contribution is 2.35. The normalized spacial score (nSPS) is 20.9. The summed E-state index contributed by atoms with van der Waals surface area (Å²) in [6, 6.07) is 0. The van der Waals surface area contributed by atoms with E-state index >= 15 is 0 Å². The Hall–Kier alpha value is -1.36. The van der Waals surface area contributed by atoms with Crippen LogP contribution in [-0.2, 0) is 17.8 Å². The smallest absolute Gasteiger partial charge is 0.240 e. The van der Waals surface area contributed by atoms with Gasteiger partial charge in [0.1, 0.15) is 5.54 Å². The lowest BCUT2D eigenvalue weighted by molar-refractivity contribution is -0.137. The van der Waals surface area contributed by atoms with Crippen molar-refractivity contribution in [3.8, 4) is 0 Å². The van der Waals surface area contributed by atoms with Crippen LogP contribution in [0.15, 0.2) is 0 Å². The number of carbonyl (C=O) groups is 1. The van der Waals surface area contributed by atoms with Crippen LogP contribution in [0.25, 0.3) is 0 Å². The van der Waals surface area contributed by atoms with Gasteiger partial charge in [0.25, 0.3) is 0 Å². The topological polar surface area (TPSA) is 50.2 Å². The molecule has 1 saturated carbocycles. The lowest BCUT2D eigenvalue weighted by atomic mass is 9.78. The lowest BCUT2D eigenvalue weighted by Gasteiger charge is -2.46. The average molecular weight is 361 g/mol. The Bertz CT molecular complexity index is 610. The number of hydrogen-bond donors (Lipinski definition) is 1. The summed E-state index contributed by atoms with van der Waals surface area (Å²) in [5, 5.41) is 7.92. The zero-order chi connectivity index (χ0) is 18.6. The molecule has 3 rings (SSSR count). The monoisotopic (exact) mass is 360 g/mol. The van der Waals surface area contributed by atoms with Gasteiger partial charge in [-0.25, -0.2) is 0 Å². The molecule has 5 nitrogen and oxygen atoms in total. The van der Waals surface area contributed by atoms with Gasteiger partial charge in [-0.2, -0.15) is 5.10 Å². The Kier molecular flexibility index (Phi) is 6.38. The zero-order valence-corrected chi connectivity index (χ0v) is 16.9. The van der Waals surface area contributed by atoms with Gasteiger partial charge in [-0.05, 0) is 64.6 Å². The van der Waals surface area contributed by atoms with Gasteiger partial charge in [0, 0.05) is 12.2 Å². The highest BCUT2D eigenvalue weighted by Gasteiger charge is 2.44. The molecule has 1 aliphatic carbocycles. The molecule has 1 aromatic heterocycles. The number of carbonyl (C=O) groups excluding carboxylic acids is 1. The molecule has 146 valence electrons. The van der Waals surface area contributed by atoms with Gasteiger partial charge >= 0.3 is 0 Å². The van der Waals surface area contributed by atoms with Crippen LogP contribution in [0.3, 0.4) is 0 Å². The summed E-state index contributed by atoms with van der Waals surface area (Å²) in [5.41, 5.74) is 3.45. The van der Waals surface area contributed by atoms with E-state index in [2.05, 4.69) is 40.8 Å². The van der Waals surface area contributed by atoms with Gasteiger partial charge in [0.05, 0.1) is 12.2 Å². The summed E-state index contributed by atoms with van der Waals surface area (Å²) in [6.45, 7) is 9.99. The minimum Gasteiger partial charge on any atom is -0.353 e. The standard InChI is InChI=1S/C21H36N4O/c1-4-19-17(2)23-25(18(19)3)16-13-22-20(26)21(11-7-5-8-12-21)24-14-9-6-10-15-24/h4-16H2,1-3H3,(H,22,26). The molecule has 0 atom stereocenters. The number of nitrogens with zero attached hydrogens (tertiary/aromatic N) is 3. The number of rotatable bonds is 6. The van der Waals surface area contributed by atoms with Crippen LogP contribution < -0.4 is 5.32 Å². The molecule has 2 aliphatic rings. The van der Waals surface area contributed by atoms with Crippen molar-refractivity contribution < 1.29 is 4.79 Å². The maximum Gasteiger partial charge on any atom is 0.240 e. The molecule has 2 fully saturated rings. The number of piperidine rings is 1. The molecule has 1 saturated heterocycles. The van der Waals surface area contributed by atoms with Crippen molar-refractivity contribution in [3.63, 3.8) is 0 Å².